The zero-order valence-corrected chi connectivity index (χ0v) is 4.28. The molecule has 48 valence electrons. The first kappa shape index (κ1) is 12.4. The summed E-state index contributed by atoms with van der Waals surface area (Å²) in [5.41, 5.74) is -2.10. The minimum absolute atomic E-state index is 0. The number of alkyl halides is 1. The number of nitrogens with zero attached hydrogens (tertiary/aromatic N) is 2. The zero-order chi connectivity index (χ0) is 6.73. The van der Waals surface area contributed by atoms with Crippen LogP contribution in [0.5, 0.6) is 0 Å². The van der Waals surface area contributed by atoms with E-state index in [9.17, 15) is 15.0 Å². The Morgan fingerprint density at radius 1 is 1.56 bits per heavy atom. The molecule has 0 aliphatic rings. The van der Waals surface area contributed by atoms with Crippen LogP contribution in [0.15, 0.2) is 0 Å². The van der Waals surface area contributed by atoms with Crippen LogP contribution in [0.2, 0.25) is 0 Å². The molecule has 0 amide bonds. The van der Waals surface area contributed by atoms with Crippen molar-refractivity contribution in [3.05, 3.63) is 15.0 Å². The maximum absolute atomic E-state index is 9.48. The van der Waals surface area contributed by atoms with Gasteiger partial charge in [0.1, 0.15) is 4.92 Å². The van der Waals surface area contributed by atoms with E-state index in [1.807, 2.05) is 0 Å². The van der Waals surface area contributed by atoms with Crippen LogP contribution >= 0.6 is 11.6 Å². The van der Waals surface area contributed by atoms with Crippen molar-refractivity contribution in [2.75, 3.05) is 0 Å². The monoisotopic (exact) mass is 181 g/mol. The van der Waals surface area contributed by atoms with Gasteiger partial charge in [0.2, 0.25) is 0 Å². The van der Waals surface area contributed by atoms with Crippen molar-refractivity contribution in [2.24, 2.45) is 0 Å². The molecule has 1 unspecified atom stereocenters. The van der Waals surface area contributed by atoms with Crippen molar-refractivity contribution in [3.8, 4) is 0 Å². The van der Waals surface area contributed by atoms with Gasteiger partial charge in [0.05, 0.1) is 4.91 Å². The second kappa shape index (κ2) is 5.51. The topological polar surface area (TPSA) is 83.5 Å². The molecule has 0 spiro atoms. The summed E-state index contributed by atoms with van der Waals surface area (Å²) in [5, 5.41) is 17.1. The van der Waals surface area contributed by atoms with Gasteiger partial charge in [-0.05, 0) is 0 Å². The summed E-state index contributed by atoms with van der Waals surface area (Å²) in [5.74, 6) is 0. The van der Waals surface area contributed by atoms with Crippen LogP contribution in [0, 0.1) is 15.0 Å². The Labute approximate surface area is 97.3 Å². The van der Waals surface area contributed by atoms with Gasteiger partial charge in [0, 0.05) is 11.6 Å². The summed E-state index contributed by atoms with van der Waals surface area (Å²) in [6.45, 7) is 0. The molecule has 0 rings (SSSR count). The molecule has 0 saturated carbocycles. The van der Waals surface area contributed by atoms with Crippen LogP contribution in [0.25, 0.3) is 0 Å². The molecule has 0 aromatic rings. The van der Waals surface area contributed by atoms with Gasteiger partial charge in [-0.1, -0.05) is 0 Å². The minimum atomic E-state index is -2.10. The number of nitro groups is 1. The van der Waals surface area contributed by atoms with Crippen LogP contribution in [-0.2, 0) is 0 Å². The maximum atomic E-state index is 9.48. The number of hydrogen-bond acceptors (Lipinski definition) is 3. The molecule has 0 radical (unpaired) electrons. The Balaban J connectivity index is 0. The second-order valence-corrected chi connectivity index (χ2v) is 1.29. The van der Waals surface area contributed by atoms with Gasteiger partial charge >= 0.3 is 61.9 Å². The van der Waals surface area contributed by atoms with Crippen molar-refractivity contribution >= 4 is 63.0 Å². The number of hydrogen-bond donors (Lipinski definition) is 1. The van der Waals surface area contributed by atoms with Crippen molar-refractivity contribution in [2.45, 2.75) is 5.62 Å². The molecule has 0 fully saturated rings. The van der Waals surface area contributed by atoms with Crippen molar-refractivity contribution in [1.82, 2.24) is 0 Å². The molecule has 0 saturated heterocycles. The van der Waals surface area contributed by atoms with E-state index >= 15 is 0 Å². The summed E-state index contributed by atoms with van der Waals surface area (Å²) in [6, 6.07) is 0. The predicted molar refractivity (Wildman–Crippen MR) is 29.2 cm³/mol. The molecular weight excluding hydrogens is 179 g/mol. The summed E-state index contributed by atoms with van der Waals surface area (Å²) < 4.78 is 0. The Bertz CT molecular complexity index is 114. The molecule has 0 bridgehead atoms. The molecule has 0 heterocycles. The van der Waals surface area contributed by atoms with Crippen LogP contribution < -0.4 is 0 Å². The van der Waals surface area contributed by atoms with Gasteiger partial charge in [-0.2, -0.15) is 0 Å². The fraction of sp³-hybridized carbons (Fsp3) is 1.00. The van der Waals surface area contributed by atoms with Gasteiger partial charge in [-0.15, -0.1) is 0 Å². The van der Waals surface area contributed by atoms with Crippen molar-refractivity contribution in [3.63, 3.8) is 0 Å². The van der Waals surface area contributed by atoms with E-state index in [1.54, 1.807) is 0 Å². The Morgan fingerprint density at radius 2 is 1.89 bits per heavy atom. The summed E-state index contributed by atoms with van der Waals surface area (Å²) in [4.78, 5) is 16.8. The molecule has 9 heavy (non-hydrogen) atoms. The van der Waals surface area contributed by atoms with Crippen molar-refractivity contribution < 1.29 is 15.1 Å². The summed E-state index contributed by atoms with van der Waals surface area (Å²) >= 11 is 4.61. The normalized spacial score (nSPS) is 11.2. The van der Waals surface area contributed by atoms with E-state index in [0.717, 1.165) is 0 Å². The molecule has 6 nitrogen and oxygen atoms in total. The van der Waals surface area contributed by atoms with E-state index < -0.39 is 15.5 Å². The third-order valence-electron chi connectivity index (χ3n) is 0.356. The van der Waals surface area contributed by atoms with Crippen LogP contribution in [-0.4, -0.2) is 72.1 Å². The average Bonchev–Trinajstić information content (AvgIpc) is 1.64. The standard InChI is InChI=1S/CH2ClN2O4.K.H/c2-1(3(5)6)4(7)8;;/h1H,(H,5,6);;/q+1;;. The van der Waals surface area contributed by atoms with Crippen molar-refractivity contribution in [1.29, 1.82) is 0 Å². The second-order valence-electron chi connectivity index (χ2n) is 0.899. The third-order valence-corrected chi connectivity index (χ3v) is 0.683. The molecule has 8 heteroatoms. The average molecular weight is 182 g/mol. The molecule has 0 aromatic heterocycles. The molecule has 0 aliphatic carbocycles. The van der Waals surface area contributed by atoms with Gasteiger partial charge in [0.15, 0.2) is 0 Å². The quantitative estimate of drug-likeness (QED) is 0.153. The van der Waals surface area contributed by atoms with E-state index in [-0.39, 0.29) is 51.4 Å². The Morgan fingerprint density at radius 3 is 1.89 bits per heavy atom. The first-order valence-electron chi connectivity index (χ1n) is 1.48. The van der Waals surface area contributed by atoms with Crippen LogP contribution in [0.4, 0.5) is 0 Å². The predicted octanol–water partition coefficient (Wildman–Crippen LogP) is -0.695. The third kappa shape index (κ3) is 5.18. The van der Waals surface area contributed by atoms with Gasteiger partial charge in [0.25, 0.3) is 0 Å². The first-order chi connectivity index (χ1) is 3.55. The summed E-state index contributed by atoms with van der Waals surface area (Å²) in [7, 11) is 0. The van der Waals surface area contributed by atoms with E-state index in [1.165, 1.54) is 0 Å². The molecular formula is CH3ClKN2O4+. The van der Waals surface area contributed by atoms with Crippen LogP contribution in [0.3, 0.4) is 0 Å². The van der Waals surface area contributed by atoms with Gasteiger partial charge in [-0.25, -0.2) is 5.21 Å². The zero-order valence-electron chi connectivity index (χ0n) is 3.52. The van der Waals surface area contributed by atoms with Crippen LogP contribution in [0.1, 0.15) is 0 Å². The number of rotatable bonds is 2. The van der Waals surface area contributed by atoms with E-state index in [0.29, 0.717) is 0 Å². The van der Waals surface area contributed by atoms with Gasteiger partial charge in [-0.3, -0.25) is 10.1 Å². The Hall–Kier alpha value is 0.726. The number of halogens is 1. The fourth-order valence-corrected chi connectivity index (χ4v) is 0.0807. The molecule has 1 atom stereocenters. The van der Waals surface area contributed by atoms with Gasteiger partial charge < -0.3 is 0 Å². The fourth-order valence-electron chi connectivity index (χ4n) is 0.0807. The Kier molecular flexibility index (Phi) is 7.59. The SMILES string of the molecule is O=[N+]([O-])C(Cl)[N+](=O)O.[KH]. The molecule has 0 aliphatic heterocycles. The first-order valence-corrected chi connectivity index (χ1v) is 1.92. The van der Waals surface area contributed by atoms with E-state index in [2.05, 4.69) is 11.6 Å². The molecule has 1 N–H and O–H groups in total. The summed E-state index contributed by atoms with van der Waals surface area (Å²) in [6.07, 6.45) is 0. The van der Waals surface area contributed by atoms with E-state index in [4.69, 9.17) is 5.21 Å². The molecule has 0 aromatic carbocycles.